The van der Waals surface area contributed by atoms with Gasteiger partial charge in [-0.15, -0.1) is 0 Å². The Balaban J connectivity index is 2.58. The zero-order chi connectivity index (χ0) is 11.0. The quantitative estimate of drug-likeness (QED) is 0.566. The topological polar surface area (TPSA) is 38.9 Å². The molecule has 0 N–H and O–H groups in total. The first-order valence-corrected chi connectivity index (χ1v) is 5.09. The fourth-order valence-corrected chi connectivity index (χ4v) is 1.82. The largest absolute Gasteiger partial charge is 0.466 e. The van der Waals surface area contributed by atoms with Crippen molar-refractivity contribution in [3.05, 3.63) is 34.1 Å². The zero-order valence-electron chi connectivity index (χ0n) is 8.21. The Morgan fingerprint density at radius 3 is 2.40 bits per heavy atom. The van der Waals surface area contributed by atoms with Gasteiger partial charge in [0.1, 0.15) is 16.7 Å². The van der Waals surface area contributed by atoms with Gasteiger partial charge in [-0.3, -0.25) is 0 Å². The number of nitrogens with zero attached hydrogens (tertiary/aromatic N) is 2. The molecule has 15 heavy (non-hydrogen) atoms. The molecule has 0 bridgehead atoms. The molecule has 0 saturated carbocycles. The summed E-state index contributed by atoms with van der Waals surface area (Å²) >= 11 is 11.5. The van der Waals surface area contributed by atoms with Gasteiger partial charge in [0.05, 0.1) is 5.69 Å². The Labute approximate surface area is 97.1 Å². The van der Waals surface area contributed by atoms with Crippen LogP contribution in [0.3, 0.4) is 0 Å². The van der Waals surface area contributed by atoms with Gasteiger partial charge < -0.3 is 4.42 Å². The maximum Gasteiger partial charge on any atom is 0.224 e. The van der Waals surface area contributed by atoms with Gasteiger partial charge in [-0.2, -0.15) is 0 Å². The third-order valence-electron chi connectivity index (χ3n) is 1.98. The minimum atomic E-state index is 0.135. The summed E-state index contributed by atoms with van der Waals surface area (Å²) in [7, 11) is 0. The van der Waals surface area contributed by atoms with Crippen molar-refractivity contribution < 1.29 is 4.42 Å². The number of rotatable bonds is 1. The van der Waals surface area contributed by atoms with Crippen LogP contribution >= 0.6 is 23.2 Å². The smallest absolute Gasteiger partial charge is 0.224 e. The minimum absolute atomic E-state index is 0.135. The molecule has 0 unspecified atom stereocenters. The summed E-state index contributed by atoms with van der Waals surface area (Å²) in [6.45, 7) is 3.74. The van der Waals surface area contributed by atoms with E-state index in [1.54, 1.807) is 6.07 Å². The third-order valence-corrected chi connectivity index (χ3v) is 2.35. The lowest BCUT2D eigenvalue weighted by molar-refractivity contribution is 0.505. The van der Waals surface area contributed by atoms with E-state index in [1.165, 1.54) is 0 Å². The highest BCUT2D eigenvalue weighted by molar-refractivity contribution is 6.32. The number of aryl methyl sites for hydroxylation is 2. The molecule has 3 nitrogen and oxygen atoms in total. The Kier molecular flexibility index (Phi) is 2.67. The Hall–Kier alpha value is -1.06. The molecule has 0 aliphatic rings. The molecule has 0 saturated heterocycles. The average molecular weight is 243 g/mol. The first kappa shape index (κ1) is 10.5. The van der Waals surface area contributed by atoms with Gasteiger partial charge in [0.15, 0.2) is 0 Å². The molecule has 0 aromatic carbocycles. The third kappa shape index (κ3) is 2.13. The highest BCUT2D eigenvalue weighted by atomic mass is 35.5. The molecular formula is C10H8Cl2N2O. The van der Waals surface area contributed by atoms with Crippen LogP contribution in [-0.2, 0) is 0 Å². The van der Waals surface area contributed by atoms with Crippen molar-refractivity contribution in [2.24, 2.45) is 0 Å². The SMILES string of the molecule is Cc1cc(-c2cc(Cl)nc(Cl)n2)c(C)o1. The van der Waals surface area contributed by atoms with E-state index in [2.05, 4.69) is 9.97 Å². The van der Waals surface area contributed by atoms with E-state index in [1.807, 2.05) is 19.9 Å². The van der Waals surface area contributed by atoms with E-state index in [0.29, 0.717) is 10.8 Å². The molecule has 0 aliphatic heterocycles. The summed E-state index contributed by atoms with van der Waals surface area (Å²) in [5.74, 6) is 1.62. The Morgan fingerprint density at radius 2 is 1.87 bits per heavy atom. The second-order valence-corrected chi connectivity index (χ2v) is 3.90. The summed E-state index contributed by atoms with van der Waals surface area (Å²) < 4.78 is 5.40. The van der Waals surface area contributed by atoms with Gasteiger partial charge in [0, 0.05) is 11.6 Å². The standard InChI is InChI=1S/C10H8Cl2N2O/c1-5-3-7(6(2)15-5)8-4-9(11)14-10(12)13-8/h3-4H,1-2H3. The van der Waals surface area contributed by atoms with Crippen LogP contribution in [0.5, 0.6) is 0 Å². The predicted molar refractivity (Wildman–Crippen MR) is 59.2 cm³/mol. The highest BCUT2D eigenvalue weighted by Crippen LogP contribution is 2.27. The molecule has 2 aromatic heterocycles. The molecule has 5 heteroatoms. The lowest BCUT2D eigenvalue weighted by Crippen LogP contribution is -1.88. The van der Waals surface area contributed by atoms with Crippen LogP contribution in [0.25, 0.3) is 11.3 Å². The van der Waals surface area contributed by atoms with Crippen LogP contribution in [0.4, 0.5) is 0 Å². The van der Waals surface area contributed by atoms with Crippen molar-refractivity contribution in [3.63, 3.8) is 0 Å². The first-order chi connectivity index (χ1) is 7.06. The normalized spacial score (nSPS) is 10.7. The van der Waals surface area contributed by atoms with Gasteiger partial charge in [0.25, 0.3) is 0 Å². The van der Waals surface area contributed by atoms with Crippen molar-refractivity contribution in [3.8, 4) is 11.3 Å². The molecule has 2 aromatic rings. The maximum atomic E-state index is 5.79. The monoisotopic (exact) mass is 242 g/mol. The van der Waals surface area contributed by atoms with E-state index in [9.17, 15) is 0 Å². The highest BCUT2D eigenvalue weighted by Gasteiger charge is 2.10. The van der Waals surface area contributed by atoms with Gasteiger partial charge in [-0.25, -0.2) is 9.97 Å². The second-order valence-electron chi connectivity index (χ2n) is 3.17. The van der Waals surface area contributed by atoms with Crippen molar-refractivity contribution >= 4 is 23.2 Å². The molecule has 0 fully saturated rings. The van der Waals surface area contributed by atoms with Crippen LogP contribution in [0.1, 0.15) is 11.5 Å². The van der Waals surface area contributed by atoms with E-state index < -0.39 is 0 Å². The summed E-state index contributed by atoms with van der Waals surface area (Å²) in [4.78, 5) is 7.87. The maximum absolute atomic E-state index is 5.79. The molecule has 0 amide bonds. The van der Waals surface area contributed by atoms with Crippen LogP contribution in [0, 0.1) is 13.8 Å². The minimum Gasteiger partial charge on any atom is -0.466 e. The van der Waals surface area contributed by atoms with Gasteiger partial charge in [-0.1, -0.05) is 11.6 Å². The van der Waals surface area contributed by atoms with Crippen molar-refractivity contribution in [1.29, 1.82) is 0 Å². The number of aromatic nitrogens is 2. The second kappa shape index (κ2) is 3.83. The lowest BCUT2D eigenvalue weighted by Gasteiger charge is -1.99. The zero-order valence-corrected chi connectivity index (χ0v) is 9.73. The number of halogens is 2. The van der Waals surface area contributed by atoms with E-state index >= 15 is 0 Å². The molecule has 0 aliphatic carbocycles. The summed E-state index contributed by atoms with van der Waals surface area (Å²) in [6.07, 6.45) is 0. The van der Waals surface area contributed by atoms with Crippen molar-refractivity contribution in [2.45, 2.75) is 13.8 Å². The lowest BCUT2D eigenvalue weighted by atomic mass is 10.2. The van der Waals surface area contributed by atoms with Gasteiger partial charge in [0.2, 0.25) is 5.28 Å². The van der Waals surface area contributed by atoms with Crippen LogP contribution < -0.4 is 0 Å². The predicted octanol–water partition coefficient (Wildman–Crippen LogP) is 3.66. The summed E-state index contributed by atoms with van der Waals surface area (Å²) in [6, 6.07) is 3.55. The summed E-state index contributed by atoms with van der Waals surface area (Å²) in [5, 5.41) is 0.457. The van der Waals surface area contributed by atoms with Crippen LogP contribution in [0.2, 0.25) is 10.4 Å². The fraction of sp³-hybridized carbons (Fsp3) is 0.200. The van der Waals surface area contributed by atoms with Crippen molar-refractivity contribution in [2.75, 3.05) is 0 Å². The van der Waals surface area contributed by atoms with E-state index in [4.69, 9.17) is 27.6 Å². The van der Waals surface area contributed by atoms with Crippen molar-refractivity contribution in [1.82, 2.24) is 9.97 Å². The number of hydrogen-bond acceptors (Lipinski definition) is 3. The average Bonchev–Trinajstić information content (AvgIpc) is 2.43. The van der Waals surface area contributed by atoms with Gasteiger partial charge >= 0.3 is 0 Å². The molecule has 78 valence electrons. The number of furan rings is 1. The molecule has 0 radical (unpaired) electrons. The molecule has 2 heterocycles. The van der Waals surface area contributed by atoms with Gasteiger partial charge in [-0.05, 0) is 31.5 Å². The Bertz CT molecular complexity index is 488. The summed E-state index contributed by atoms with van der Waals surface area (Å²) in [5.41, 5.74) is 1.56. The molecular weight excluding hydrogens is 235 g/mol. The molecule has 0 atom stereocenters. The van der Waals surface area contributed by atoms with E-state index in [-0.39, 0.29) is 5.28 Å². The van der Waals surface area contributed by atoms with Crippen LogP contribution in [0.15, 0.2) is 16.5 Å². The molecule has 2 rings (SSSR count). The molecule has 0 spiro atoms. The van der Waals surface area contributed by atoms with Crippen LogP contribution in [-0.4, -0.2) is 9.97 Å². The first-order valence-electron chi connectivity index (χ1n) is 4.34. The van der Waals surface area contributed by atoms with E-state index in [0.717, 1.165) is 17.1 Å². The fourth-order valence-electron chi connectivity index (χ4n) is 1.41. The number of hydrogen-bond donors (Lipinski definition) is 0. The Morgan fingerprint density at radius 1 is 1.13 bits per heavy atom.